The van der Waals surface area contributed by atoms with Gasteiger partial charge in [-0.25, -0.2) is 4.39 Å². The highest BCUT2D eigenvalue weighted by atomic mass is 127. The lowest BCUT2D eigenvalue weighted by molar-refractivity contribution is -0.115. The summed E-state index contributed by atoms with van der Waals surface area (Å²) >= 11 is 1.75. The van der Waals surface area contributed by atoms with E-state index in [-0.39, 0.29) is 42.2 Å². The molecule has 1 aliphatic heterocycles. The molecule has 1 aromatic heterocycles. The van der Waals surface area contributed by atoms with Crippen molar-refractivity contribution in [2.75, 3.05) is 50.0 Å². The lowest BCUT2D eigenvalue weighted by Crippen LogP contribution is -2.53. The molecular weight excluding hydrogens is 480 g/mol. The highest BCUT2D eigenvalue weighted by Crippen LogP contribution is 2.22. The second-order valence-electron chi connectivity index (χ2n) is 5.88. The monoisotopic (exact) mass is 503 g/mol. The van der Waals surface area contributed by atoms with Gasteiger partial charge in [-0.05, 0) is 41.8 Å². The number of hydrogen-bond acceptors (Lipinski definition) is 4. The SMILES string of the molecule is CN=C(NCC(=O)Nc1ccc(F)cc1)N1CCN(c2cccs2)CC1.I. The second-order valence-corrected chi connectivity index (χ2v) is 6.81. The maximum Gasteiger partial charge on any atom is 0.243 e. The number of halogens is 2. The lowest BCUT2D eigenvalue weighted by Gasteiger charge is -2.36. The number of thiophene rings is 1. The fourth-order valence-electron chi connectivity index (χ4n) is 2.82. The Morgan fingerprint density at radius 1 is 1.19 bits per heavy atom. The van der Waals surface area contributed by atoms with E-state index < -0.39 is 0 Å². The first-order valence-electron chi connectivity index (χ1n) is 8.45. The van der Waals surface area contributed by atoms with Crippen molar-refractivity contribution in [2.45, 2.75) is 0 Å². The zero-order valence-corrected chi connectivity index (χ0v) is 18.2. The van der Waals surface area contributed by atoms with E-state index in [0.717, 1.165) is 26.2 Å². The lowest BCUT2D eigenvalue weighted by atomic mass is 10.3. The van der Waals surface area contributed by atoms with E-state index in [0.29, 0.717) is 11.6 Å². The van der Waals surface area contributed by atoms with E-state index in [9.17, 15) is 9.18 Å². The van der Waals surface area contributed by atoms with Gasteiger partial charge in [0.15, 0.2) is 5.96 Å². The van der Waals surface area contributed by atoms with Gasteiger partial charge in [0.2, 0.25) is 5.91 Å². The molecular formula is C18H23FIN5OS. The Bertz CT molecular complexity index is 746. The van der Waals surface area contributed by atoms with Gasteiger partial charge < -0.3 is 20.4 Å². The minimum Gasteiger partial charge on any atom is -0.360 e. The van der Waals surface area contributed by atoms with Gasteiger partial charge in [-0.3, -0.25) is 9.79 Å². The average molecular weight is 503 g/mol. The van der Waals surface area contributed by atoms with Crippen LogP contribution in [0.2, 0.25) is 0 Å². The maximum atomic E-state index is 12.9. The molecule has 146 valence electrons. The molecule has 0 bridgehead atoms. The molecule has 1 aliphatic rings. The van der Waals surface area contributed by atoms with E-state index >= 15 is 0 Å². The van der Waals surface area contributed by atoms with Gasteiger partial charge in [-0.2, -0.15) is 0 Å². The van der Waals surface area contributed by atoms with Crippen LogP contribution in [0.3, 0.4) is 0 Å². The first-order valence-corrected chi connectivity index (χ1v) is 9.33. The van der Waals surface area contributed by atoms with Crippen molar-refractivity contribution in [3.63, 3.8) is 0 Å². The molecule has 0 atom stereocenters. The Kier molecular flexibility index (Phi) is 8.29. The van der Waals surface area contributed by atoms with Crippen molar-refractivity contribution in [3.05, 3.63) is 47.6 Å². The third-order valence-corrected chi connectivity index (χ3v) is 5.07. The molecule has 2 heterocycles. The maximum absolute atomic E-state index is 12.9. The van der Waals surface area contributed by atoms with E-state index in [1.165, 1.54) is 29.3 Å². The molecule has 2 N–H and O–H groups in total. The number of rotatable bonds is 4. The Morgan fingerprint density at radius 3 is 2.48 bits per heavy atom. The van der Waals surface area contributed by atoms with Gasteiger partial charge in [0.25, 0.3) is 0 Å². The van der Waals surface area contributed by atoms with E-state index in [1.54, 1.807) is 18.4 Å². The second kappa shape index (κ2) is 10.5. The summed E-state index contributed by atoms with van der Waals surface area (Å²) in [7, 11) is 1.71. The van der Waals surface area contributed by atoms with Crippen LogP contribution < -0.4 is 15.5 Å². The van der Waals surface area contributed by atoms with Crippen molar-refractivity contribution < 1.29 is 9.18 Å². The molecule has 0 aliphatic carbocycles. The molecule has 0 saturated carbocycles. The number of guanidine groups is 1. The zero-order valence-electron chi connectivity index (χ0n) is 15.0. The number of anilines is 2. The van der Waals surface area contributed by atoms with Crippen LogP contribution in [0.5, 0.6) is 0 Å². The molecule has 1 saturated heterocycles. The van der Waals surface area contributed by atoms with Gasteiger partial charge >= 0.3 is 0 Å². The first-order chi connectivity index (χ1) is 12.7. The third-order valence-electron chi connectivity index (χ3n) is 4.14. The van der Waals surface area contributed by atoms with Gasteiger partial charge in [0.05, 0.1) is 11.5 Å². The Hall–Kier alpha value is -1.88. The summed E-state index contributed by atoms with van der Waals surface area (Å²) in [6, 6.07) is 9.89. The van der Waals surface area contributed by atoms with Crippen molar-refractivity contribution >= 4 is 57.9 Å². The molecule has 0 radical (unpaired) electrons. The number of hydrogen-bond donors (Lipinski definition) is 2. The molecule has 2 aromatic rings. The van der Waals surface area contributed by atoms with Crippen LogP contribution in [0.4, 0.5) is 15.1 Å². The van der Waals surface area contributed by atoms with Crippen LogP contribution in [0.25, 0.3) is 0 Å². The fourth-order valence-corrected chi connectivity index (χ4v) is 3.60. The van der Waals surface area contributed by atoms with Crippen molar-refractivity contribution in [1.29, 1.82) is 0 Å². The smallest absolute Gasteiger partial charge is 0.243 e. The number of aliphatic imine (C=N–C) groups is 1. The molecule has 3 rings (SSSR count). The highest BCUT2D eigenvalue weighted by Gasteiger charge is 2.20. The van der Waals surface area contributed by atoms with E-state index in [1.807, 2.05) is 0 Å². The van der Waals surface area contributed by atoms with Gasteiger partial charge in [-0.15, -0.1) is 35.3 Å². The van der Waals surface area contributed by atoms with Crippen molar-refractivity contribution in [2.24, 2.45) is 4.99 Å². The average Bonchev–Trinajstić information content (AvgIpc) is 3.19. The summed E-state index contributed by atoms with van der Waals surface area (Å²) in [6.07, 6.45) is 0. The van der Waals surface area contributed by atoms with Gasteiger partial charge in [0.1, 0.15) is 5.82 Å². The van der Waals surface area contributed by atoms with Crippen molar-refractivity contribution in [3.8, 4) is 0 Å². The first kappa shape index (κ1) is 21.4. The largest absolute Gasteiger partial charge is 0.360 e. The number of piperazine rings is 1. The standard InChI is InChI=1S/C18H22FN5OS.HI/c1-20-18(21-13-16(25)22-15-6-4-14(19)5-7-15)24-10-8-23(9-11-24)17-3-2-12-26-17;/h2-7,12H,8-11,13H2,1H3,(H,20,21)(H,22,25);1H. The molecule has 9 heteroatoms. The van der Waals surface area contributed by atoms with Crippen LogP contribution in [-0.4, -0.2) is 56.5 Å². The molecule has 1 amide bonds. The fraction of sp³-hybridized carbons (Fsp3) is 0.333. The molecule has 1 fully saturated rings. The Labute approximate surface area is 179 Å². The zero-order chi connectivity index (χ0) is 18.4. The number of nitrogens with one attached hydrogen (secondary N) is 2. The number of carbonyl (C=O) groups excluding carboxylic acids is 1. The summed E-state index contributed by atoms with van der Waals surface area (Å²) in [6.45, 7) is 3.63. The minimum atomic E-state index is -0.330. The molecule has 27 heavy (non-hydrogen) atoms. The summed E-state index contributed by atoms with van der Waals surface area (Å²) in [4.78, 5) is 20.8. The van der Waals surface area contributed by atoms with Crippen LogP contribution in [0.1, 0.15) is 0 Å². The van der Waals surface area contributed by atoms with Gasteiger partial charge in [0, 0.05) is 38.9 Å². The Balaban J connectivity index is 0.00000261. The number of amides is 1. The molecule has 0 unspecified atom stereocenters. The minimum absolute atomic E-state index is 0. The third kappa shape index (κ3) is 6.06. The topological polar surface area (TPSA) is 60.0 Å². The van der Waals surface area contributed by atoms with Crippen LogP contribution in [-0.2, 0) is 4.79 Å². The molecule has 1 aromatic carbocycles. The summed E-state index contributed by atoms with van der Waals surface area (Å²) in [5.74, 6) is 0.184. The Morgan fingerprint density at radius 2 is 1.89 bits per heavy atom. The summed E-state index contributed by atoms with van der Waals surface area (Å²) in [5, 5.41) is 9.19. The summed E-state index contributed by atoms with van der Waals surface area (Å²) in [5.41, 5.74) is 0.567. The number of nitrogens with zero attached hydrogens (tertiary/aromatic N) is 3. The molecule has 6 nitrogen and oxygen atoms in total. The van der Waals surface area contributed by atoms with Crippen LogP contribution >= 0.6 is 35.3 Å². The normalized spacial score (nSPS) is 14.5. The van der Waals surface area contributed by atoms with E-state index in [4.69, 9.17) is 0 Å². The van der Waals surface area contributed by atoms with Crippen LogP contribution in [0.15, 0.2) is 46.8 Å². The quantitative estimate of drug-likeness (QED) is 0.383. The van der Waals surface area contributed by atoms with Crippen molar-refractivity contribution in [1.82, 2.24) is 10.2 Å². The predicted molar refractivity (Wildman–Crippen MR) is 120 cm³/mol. The van der Waals surface area contributed by atoms with Crippen LogP contribution in [0, 0.1) is 5.82 Å². The predicted octanol–water partition coefficient (Wildman–Crippen LogP) is 2.84. The number of benzene rings is 1. The number of carbonyl (C=O) groups is 1. The van der Waals surface area contributed by atoms with E-state index in [2.05, 4.69) is 42.9 Å². The van der Waals surface area contributed by atoms with Gasteiger partial charge in [-0.1, -0.05) is 0 Å². The highest BCUT2D eigenvalue weighted by molar-refractivity contribution is 14.0. The molecule has 0 spiro atoms. The summed E-state index contributed by atoms with van der Waals surface area (Å²) < 4.78 is 12.9.